The van der Waals surface area contributed by atoms with E-state index in [2.05, 4.69) is 67.5 Å². The molecule has 0 radical (unpaired) electrons. The highest BCUT2D eigenvalue weighted by Gasteiger charge is 2.16. The summed E-state index contributed by atoms with van der Waals surface area (Å²) in [5.74, 6) is 0.910. The Morgan fingerprint density at radius 2 is 2.00 bits per heavy atom. The molecule has 4 aromatic rings. The van der Waals surface area contributed by atoms with Gasteiger partial charge in [-0.3, -0.25) is 0 Å². The molecule has 5 heteroatoms. The molecule has 0 aliphatic carbocycles. The SMILES string of the molecule is Cc1[nH]cnc1-c1nccn1[C@@H](C)Cn1ccc2ccccc21. The van der Waals surface area contributed by atoms with Crippen molar-refractivity contribution < 1.29 is 0 Å². The number of benzene rings is 1. The number of nitrogens with zero attached hydrogens (tertiary/aromatic N) is 4. The van der Waals surface area contributed by atoms with E-state index in [1.54, 1.807) is 6.33 Å². The van der Waals surface area contributed by atoms with Gasteiger partial charge in [-0.25, -0.2) is 9.97 Å². The van der Waals surface area contributed by atoms with Crippen molar-refractivity contribution in [2.24, 2.45) is 0 Å². The maximum atomic E-state index is 4.50. The molecular formula is C18H19N5. The zero-order valence-corrected chi connectivity index (χ0v) is 13.3. The molecule has 0 unspecified atom stereocenters. The first-order chi connectivity index (χ1) is 11.2. The van der Waals surface area contributed by atoms with Crippen molar-refractivity contribution in [1.29, 1.82) is 0 Å². The number of fused-ring (bicyclic) bond motifs is 1. The Morgan fingerprint density at radius 1 is 1.13 bits per heavy atom. The summed E-state index contributed by atoms with van der Waals surface area (Å²) in [7, 11) is 0. The molecule has 0 amide bonds. The molecule has 1 N–H and O–H groups in total. The summed E-state index contributed by atoms with van der Waals surface area (Å²) in [6.45, 7) is 5.12. The first-order valence-corrected chi connectivity index (χ1v) is 7.81. The standard InChI is InChI=1S/C18H19N5/c1-13(11-22-9-7-15-5-3-4-6-16(15)22)23-10-8-19-18(23)17-14(2)20-12-21-17/h3-10,12-13H,11H2,1-2H3,(H,20,21)/t13-/m0/s1. The summed E-state index contributed by atoms with van der Waals surface area (Å²) in [4.78, 5) is 12.0. The molecule has 0 aliphatic rings. The fourth-order valence-electron chi connectivity index (χ4n) is 3.11. The summed E-state index contributed by atoms with van der Waals surface area (Å²) in [6, 6.07) is 10.9. The predicted molar refractivity (Wildman–Crippen MR) is 91.2 cm³/mol. The number of imidazole rings is 2. The number of aromatic nitrogens is 5. The summed E-state index contributed by atoms with van der Waals surface area (Å²) < 4.78 is 4.49. The molecule has 0 saturated carbocycles. The number of nitrogens with one attached hydrogen (secondary N) is 1. The van der Waals surface area contributed by atoms with E-state index in [1.807, 2.05) is 19.3 Å². The molecular weight excluding hydrogens is 286 g/mol. The maximum absolute atomic E-state index is 4.50. The third-order valence-corrected chi connectivity index (χ3v) is 4.33. The maximum Gasteiger partial charge on any atom is 0.160 e. The van der Waals surface area contributed by atoms with Crippen molar-refractivity contribution in [2.75, 3.05) is 0 Å². The zero-order valence-electron chi connectivity index (χ0n) is 13.3. The van der Waals surface area contributed by atoms with Gasteiger partial charge in [-0.2, -0.15) is 0 Å². The van der Waals surface area contributed by atoms with Gasteiger partial charge >= 0.3 is 0 Å². The Labute approximate surface area is 134 Å². The highest BCUT2D eigenvalue weighted by atomic mass is 15.1. The van der Waals surface area contributed by atoms with Gasteiger partial charge in [-0.1, -0.05) is 18.2 Å². The molecule has 0 aliphatic heterocycles. The van der Waals surface area contributed by atoms with Gasteiger partial charge in [0.05, 0.1) is 12.4 Å². The van der Waals surface area contributed by atoms with E-state index in [4.69, 9.17) is 0 Å². The molecule has 23 heavy (non-hydrogen) atoms. The molecule has 3 heterocycles. The topological polar surface area (TPSA) is 51.4 Å². The van der Waals surface area contributed by atoms with Crippen molar-refractivity contribution in [3.63, 3.8) is 0 Å². The number of aromatic amines is 1. The molecule has 1 aromatic carbocycles. The van der Waals surface area contributed by atoms with Gasteiger partial charge in [-0.05, 0) is 31.4 Å². The molecule has 0 fully saturated rings. The average molecular weight is 305 g/mol. The van der Waals surface area contributed by atoms with Gasteiger partial charge in [0, 0.05) is 36.3 Å². The summed E-state index contributed by atoms with van der Waals surface area (Å²) in [5, 5.41) is 1.27. The molecule has 5 nitrogen and oxygen atoms in total. The van der Waals surface area contributed by atoms with E-state index < -0.39 is 0 Å². The number of hydrogen-bond donors (Lipinski definition) is 1. The molecule has 1 atom stereocenters. The molecule has 4 rings (SSSR count). The van der Waals surface area contributed by atoms with Gasteiger partial charge < -0.3 is 14.1 Å². The minimum absolute atomic E-state index is 0.277. The summed E-state index contributed by atoms with van der Waals surface area (Å²) in [5.41, 5.74) is 3.22. The van der Waals surface area contributed by atoms with Gasteiger partial charge in [0.25, 0.3) is 0 Å². The van der Waals surface area contributed by atoms with Crippen LogP contribution in [0.3, 0.4) is 0 Å². The molecule has 0 bridgehead atoms. The van der Waals surface area contributed by atoms with Crippen molar-refractivity contribution in [1.82, 2.24) is 24.1 Å². The van der Waals surface area contributed by atoms with E-state index in [-0.39, 0.29) is 6.04 Å². The van der Waals surface area contributed by atoms with Gasteiger partial charge in [-0.15, -0.1) is 0 Å². The Bertz CT molecular complexity index is 943. The van der Waals surface area contributed by atoms with E-state index in [9.17, 15) is 0 Å². The lowest BCUT2D eigenvalue weighted by molar-refractivity contribution is 0.476. The van der Waals surface area contributed by atoms with Crippen molar-refractivity contribution in [3.8, 4) is 11.5 Å². The largest absolute Gasteiger partial charge is 0.348 e. The van der Waals surface area contributed by atoms with Gasteiger partial charge in [0.1, 0.15) is 5.69 Å². The second kappa shape index (κ2) is 5.43. The first-order valence-electron chi connectivity index (χ1n) is 7.81. The minimum atomic E-state index is 0.277. The van der Waals surface area contributed by atoms with Crippen LogP contribution in [0.1, 0.15) is 18.7 Å². The highest BCUT2D eigenvalue weighted by Crippen LogP contribution is 2.24. The normalized spacial score (nSPS) is 12.8. The van der Waals surface area contributed by atoms with Crippen LogP contribution in [-0.4, -0.2) is 24.1 Å². The first kappa shape index (κ1) is 13.8. The van der Waals surface area contributed by atoms with E-state index in [0.717, 1.165) is 23.8 Å². The van der Waals surface area contributed by atoms with Crippen LogP contribution in [0.5, 0.6) is 0 Å². The van der Waals surface area contributed by atoms with Crippen LogP contribution in [-0.2, 0) is 6.54 Å². The van der Waals surface area contributed by atoms with Crippen LogP contribution in [0, 0.1) is 6.92 Å². The van der Waals surface area contributed by atoms with E-state index in [0.29, 0.717) is 0 Å². The van der Waals surface area contributed by atoms with Crippen molar-refractivity contribution in [2.45, 2.75) is 26.4 Å². The zero-order chi connectivity index (χ0) is 15.8. The van der Waals surface area contributed by atoms with Crippen molar-refractivity contribution in [3.05, 3.63) is 60.9 Å². The summed E-state index contributed by atoms with van der Waals surface area (Å²) in [6.07, 6.45) is 7.74. The van der Waals surface area contributed by atoms with Crippen LogP contribution in [0.4, 0.5) is 0 Å². The number of hydrogen-bond acceptors (Lipinski definition) is 2. The lowest BCUT2D eigenvalue weighted by Gasteiger charge is -2.17. The Hall–Kier alpha value is -2.82. The van der Waals surface area contributed by atoms with Crippen LogP contribution in [0.15, 0.2) is 55.2 Å². The third kappa shape index (κ3) is 2.34. The second-order valence-corrected chi connectivity index (χ2v) is 5.91. The van der Waals surface area contributed by atoms with E-state index >= 15 is 0 Å². The van der Waals surface area contributed by atoms with E-state index in [1.165, 1.54) is 10.9 Å². The smallest absolute Gasteiger partial charge is 0.160 e. The number of H-pyrrole nitrogens is 1. The fraction of sp³-hybridized carbons (Fsp3) is 0.222. The highest BCUT2D eigenvalue weighted by molar-refractivity contribution is 5.79. The quantitative estimate of drug-likeness (QED) is 0.623. The lowest BCUT2D eigenvalue weighted by Crippen LogP contribution is -2.13. The van der Waals surface area contributed by atoms with Crippen LogP contribution < -0.4 is 0 Å². The molecule has 3 aromatic heterocycles. The third-order valence-electron chi connectivity index (χ3n) is 4.33. The number of para-hydroxylation sites is 1. The Balaban J connectivity index is 1.67. The minimum Gasteiger partial charge on any atom is -0.348 e. The van der Waals surface area contributed by atoms with Crippen LogP contribution >= 0.6 is 0 Å². The Kier molecular flexibility index (Phi) is 3.26. The molecule has 0 spiro atoms. The number of rotatable bonds is 4. The van der Waals surface area contributed by atoms with Crippen LogP contribution in [0.2, 0.25) is 0 Å². The van der Waals surface area contributed by atoms with Crippen LogP contribution in [0.25, 0.3) is 22.4 Å². The average Bonchev–Trinajstić information content (AvgIpc) is 3.27. The lowest BCUT2D eigenvalue weighted by atomic mass is 10.2. The van der Waals surface area contributed by atoms with Crippen molar-refractivity contribution >= 4 is 10.9 Å². The van der Waals surface area contributed by atoms with Gasteiger partial charge in [0.15, 0.2) is 5.82 Å². The Morgan fingerprint density at radius 3 is 2.83 bits per heavy atom. The molecule has 116 valence electrons. The summed E-state index contributed by atoms with van der Waals surface area (Å²) >= 11 is 0. The fourth-order valence-corrected chi connectivity index (χ4v) is 3.11. The number of aryl methyl sites for hydroxylation is 1. The monoisotopic (exact) mass is 305 g/mol. The predicted octanol–water partition coefficient (Wildman–Crippen LogP) is 3.80. The van der Waals surface area contributed by atoms with Gasteiger partial charge in [0.2, 0.25) is 0 Å². The molecule has 0 saturated heterocycles. The second-order valence-electron chi connectivity index (χ2n) is 5.91.